The minimum atomic E-state index is -3.73. The highest BCUT2D eigenvalue weighted by atomic mass is 35.5. The monoisotopic (exact) mass is 378 g/mol. The SMILES string of the molecule is CCc1ccccc1NC(=O)c1ccc(Cl)c(S(=O)(=O)NC2CC2)c1. The summed E-state index contributed by atoms with van der Waals surface area (Å²) in [7, 11) is -3.73. The number of carbonyl (C=O) groups is 1. The molecule has 1 saturated carbocycles. The predicted octanol–water partition coefficient (Wildman–Crippen LogP) is 3.60. The number of sulfonamides is 1. The second kappa shape index (κ2) is 7.15. The lowest BCUT2D eigenvalue weighted by Crippen LogP contribution is -2.26. The van der Waals surface area contributed by atoms with Crippen LogP contribution in [0.1, 0.15) is 35.7 Å². The summed E-state index contributed by atoms with van der Waals surface area (Å²) in [5.41, 5.74) is 1.96. The van der Waals surface area contributed by atoms with Gasteiger partial charge >= 0.3 is 0 Å². The van der Waals surface area contributed by atoms with E-state index in [-0.39, 0.29) is 27.4 Å². The molecule has 1 aliphatic rings. The zero-order valence-electron chi connectivity index (χ0n) is 13.8. The molecule has 0 unspecified atom stereocenters. The summed E-state index contributed by atoms with van der Waals surface area (Å²) >= 11 is 6.05. The van der Waals surface area contributed by atoms with Gasteiger partial charge in [-0.25, -0.2) is 13.1 Å². The van der Waals surface area contributed by atoms with Crippen LogP contribution in [0.25, 0.3) is 0 Å². The number of amides is 1. The summed E-state index contributed by atoms with van der Waals surface area (Å²) < 4.78 is 27.4. The van der Waals surface area contributed by atoms with Gasteiger partial charge in [-0.3, -0.25) is 4.79 Å². The summed E-state index contributed by atoms with van der Waals surface area (Å²) in [5.74, 6) is -0.375. The van der Waals surface area contributed by atoms with Gasteiger partial charge in [0.05, 0.1) is 5.02 Å². The molecule has 2 aromatic carbocycles. The Labute approximate surface area is 152 Å². The minimum absolute atomic E-state index is 0.0324. The van der Waals surface area contributed by atoms with Gasteiger partial charge in [-0.1, -0.05) is 36.7 Å². The van der Waals surface area contributed by atoms with E-state index >= 15 is 0 Å². The third kappa shape index (κ3) is 4.21. The van der Waals surface area contributed by atoms with Crippen LogP contribution in [0, 0.1) is 0 Å². The van der Waals surface area contributed by atoms with Crippen molar-refractivity contribution >= 4 is 33.2 Å². The number of hydrogen-bond donors (Lipinski definition) is 2. The third-order valence-corrected chi connectivity index (χ3v) is 6.03. The van der Waals surface area contributed by atoms with Crippen molar-refractivity contribution in [3.05, 3.63) is 58.6 Å². The molecule has 0 atom stereocenters. The van der Waals surface area contributed by atoms with E-state index in [0.29, 0.717) is 5.69 Å². The van der Waals surface area contributed by atoms with Gasteiger partial charge in [0.2, 0.25) is 10.0 Å². The number of benzene rings is 2. The standard InChI is InChI=1S/C18H19ClN2O3S/c1-2-12-5-3-4-6-16(12)20-18(22)13-7-10-15(19)17(11-13)25(23,24)21-14-8-9-14/h3-7,10-11,14,21H,2,8-9H2,1H3,(H,20,22). The zero-order valence-corrected chi connectivity index (χ0v) is 15.3. The Morgan fingerprint density at radius 2 is 1.92 bits per heavy atom. The molecule has 0 spiro atoms. The van der Waals surface area contributed by atoms with E-state index < -0.39 is 10.0 Å². The van der Waals surface area contributed by atoms with Crippen LogP contribution in [0.4, 0.5) is 5.69 Å². The van der Waals surface area contributed by atoms with Crippen molar-refractivity contribution in [2.24, 2.45) is 0 Å². The lowest BCUT2D eigenvalue weighted by molar-refractivity contribution is 0.102. The Hall–Kier alpha value is -1.89. The molecule has 132 valence electrons. The van der Waals surface area contributed by atoms with Crippen molar-refractivity contribution in [2.75, 3.05) is 5.32 Å². The van der Waals surface area contributed by atoms with Crippen LogP contribution in [-0.2, 0) is 16.4 Å². The molecular weight excluding hydrogens is 360 g/mol. The molecule has 0 aliphatic heterocycles. The van der Waals surface area contributed by atoms with E-state index in [2.05, 4.69) is 10.0 Å². The van der Waals surface area contributed by atoms with Crippen LogP contribution < -0.4 is 10.0 Å². The lowest BCUT2D eigenvalue weighted by atomic mass is 10.1. The first-order chi connectivity index (χ1) is 11.9. The molecule has 1 aliphatic carbocycles. The summed E-state index contributed by atoms with van der Waals surface area (Å²) in [6.45, 7) is 2.00. The fourth-order valence-corrected chi connectivity index (χ4v) is 4.31. The van der Waals surface area contributed by atoms with E-state index in [4.69, 9.17) is 11.6 Å². The van der Waals surface area contributed by atoms with E-state index in [1.165, 1.54) is 18.2 Å². The zero-order chi connectivity index (χ0) is 18.0. The number of carbonyl (C=O) groups excluding carboxylic acids is 1. The first-order valence-corrected chi connectivity index (χ1v) is 9.98. The highest BCUT2D eigenvalue weighted by Crippen LogP contribution is 2.27. The maximum absolute atomic E-state index is 12.5. The fourth-order valence-electron chi connectivity index (χ4n) is 2.48. The molecule has 0 heterocycles. The average Bonchev–Trinajstić information content (AvgIpc) is 3.38. The van der Waals surface area contributed by atoms with Crippen molar-refractivity contribution in [2.45, 2.75) is 37.1 Å². The Kier molecular flexibility index (Phi) is 5.13. The molecule has 7 heteroatoms. The highest BCUT2D eigenvalue weighted by Gasteiger charge is 2.29. The van der Waals surface area contributed by atoms with E-state index in [9.17, 15) is 13.2 Å². The second-order valence-electron chi connectivity index (χ2n) is 6.01. The molecule has 1 amide bonds. The quantitative estimate of drug-likeness (QED) is 0.806. The smallest absolute Gasteiger partial charge is 0.255 e. The third-order valence-electron chi connectivity index (χ3n) is 4.03. The number of para-hydroxylation sites is 1. The topological polar surface area (TPSA) is 75.3 Å². The molecule has 0 saturated heterocycles. The Bertz CT molecular complexity index is 908. The largest absolute Gasteiger partial charge is 0.322 e. The number of hydrogen-bond acceptors (Lipinski definition) is 3. The lowest BCUT2D eigenvalue weighted by Gasteiger charge is -2.12. The van der Waals surface area contributed by atoms with E-state index in [1.807, 2.05) is 31.2 Å². The van der Waals surface area contributed by atoms with Crippen molar-refractivity contribution in [1.82, 2.24) is 4.72 Å². The van der Waals surface area contributed by atoms with Gasteiger partial charge in [0.15, 0.2) is 0 Å². The normalized spacial score (nSPS) is 14.3. The fraction of sp³-hybridized carbons (Fsp3) is 0.278. The number of rotatable bonds is 6. The van der Waals surface area contributed by atoms with Crippen LogP contribution in [0.15, 0.2) is 47.4 Å². The van der Waals surface area contributed by atoms with Gasteiger partial charge in [-0.2, -0.15) is 0 Å². The molecule has 0 aromatic heterocycles. The number of anilines is 1. The summed E-state index contributed by atoms with van der Waals surface area (Å²) in [6.07, 6.45) is 2.43. The van der Waals surface area contributed by atoms with Crippen molar-refractivity contribution < 1.29 is 13.2 Å². The van der Waals surface area contributed by atoms with Gasteiger partial charge in [0.1, 0.15) is 4.90 Å². The van der Waals surface area contributed by atoms with Gasteiger partial charge in [0.25, 0.3) is 5.91 Å². The van der Waals surface area contributed by atoms with Gasteiger partial charge in [-0.05, 0) is 49.1 Å². The first-order valence-electron chi connectivity index (χ1n) is 8.12. The molecule has 25 heavy (non-hydrogen) atoms. The van der Waals surface area contributed by atoms with Crippen molar-refractivity contribution in [3.8, 4) is 0 Å². The highest BCUT2D eigenvalue weighted by molar-refractivity contribution is 7.89. The maximum atomic E-state index is 12.5. The summed E-state index contributed by atoms with van der Waals surface area (Å²) in [5, 5.41) is 2.93. The molecule has 1 fully saturated rings. The number of nitrogens with one attached hydrogen (secondary N) is 2. The summed E-state index contributed by atoms with van der Waals surface area (Å²) in [4.78, 5) is 12.5. The molecule has 0 radical (unpaired) electrons. The van der Waals surface area contributed by atoms with Crippen molar-refractivity contribution in [1.29, 1.82) is 0 Å². The van der Waals surface area contributed by atoms with Crippen LogP contribution in [0.3, 0.4) is 0 Å². The van der Waals surface area contributed by atoms with E-state index in [0.717, 1.165) is 24.8 Å². The average molecular weight is 379 g/mol. The van der Waals surface area contributed by atoms with Crippen LogP contribution in [0.2, 0.25) is 5.02 Å². The van der Waals surface area contributed by atoms with Gasteiger partial charge < -0.3 is 5.32 Å². The molecule has 2 aromatic rings. The second-order valence-corrected chi connectivity index (χ2v) is 8.10. The molecule has 3 rings (SSSR count). The van der Waals surface area contributed by atoms with Crippen LogP contribution in [-0.4, -0.2) is 20.4 Å². The molecule has 5 nitrogen and oxygen atoms in total. The molecular formula is C18H19ClN2O3S. The van der Waals surface area contributed by atoms with Gasteiger partial charge in [-0.15, -0.1) is 0 Å². The predicted molar refractivity (Wildman–Crippen MR) is 98.6 cm³/mol. The Morgan fingerprint density at radius 3 is 2.60 bits per heavy atom. The molecule has 0 bridgehead atoms. The minimum Gasteiger partial charge on any atom is -0.322 e. The van der Waals surface area contributed by atoms with Gasteiger partial charge in [0, 0.05) is 17.3 Å². The number of aryl methyl sites for hydroxylation is 1. The Morgan fingerprint density at radius 1 is 1.20 bits per heavy atom. The van der Waals surface area contributed by atoms with E-state index in [1.54, 1.807) is 0 Å². The van der Waals surface area contributed by atoms with Crippen LogP contribution in [0.5, 0.6) is 0 Å². The maximum Gasteiger partial charge on any atom is 0.255 e. The first kappa shape index (κ1) is 17.9. The molecule has 2 N–H and O–H groups in total. The van der Waals surface area contributed by atoms with Crippen LogP contribution >= 0.6 is 11.6 Å². The van der Waals surface area contributed by atoms with Crippen molar-refractivity contribution in [3.63, 3.8) is 0 Å². The summed E-state index contributed by atoms with van der Waals surface area (Å²) in [6, 6.07) is 11.7. The Balaban J connectivity index is 1.87. The number of halogens is 1.